The lowest BCUT2D eigenvalue weighted by Crippen LogP contribution is -2.31. The van der Waals surface area contributed by atoms with E-state index in [0.717, 1.165) is 19.6 Å². The predicted molar refractivity (Wildman–Crippen MR) is 64.9 cm³/mol. The summed E-state index contributed by atoms with van der Waals surface area (Å²) in [6, 6.07) is 0. The first-order valence-electron chi connectivity index (χ1n) is 6.17. The Balaban J connectivity index is 3.72. The molecule has 0 aromatic heterocycles. The summed E-state index contributed by atoms with van der Waals surface area (Å²) in [6.45, 7) is 7.58. The van der Waals surface area contributed by atoms with Gasteiger partial charge in [-0.25, -0.2) is 0 Å². The molecule has 0 aromatic rings. The smallest absolute Gasteiger partial charge is 0.221 e. The monoisotopic (exact) mass is 214 g/mol. The summed E-state index contributed by atoms with van der Waals surface area (Å²) in [5.41, 5.74) is 0. The zero-order valence-electron chi connectivity index (χ0n) is 10.5. The fraction of sp³-hybridized carbons (Fsp3) is 0.917. The van der Waals surface area contributed by atoms with Crippen LogP contribution in [-0.2, 0) is 4.79 Å². The molecule has 0 bridgehead atoms. The van der Waals surface area contributed by atoms with Crippen molar-refractivity contribution in [1.29, 1.82) is 0 Å². The number of nitrogens with zero attached hydrogens (tertiary/aromatic N) is 1. The molecule has 3 heteroatoms. The van der Waals surface area contributed by atoms with Crippen molar-refractivity contribution in [2.24, 2.45) is 0 Å². The van der Waals surface area contributed by atoms with Crippen molar-refractivity contribution < 1.29 is 4.79 Å². The number of hydrogen-bond acceptors (Lipinski definition) is 2. The van der Waals surface area contributed by atoms with Gasteiger partial charge in [-0.05, 0) is 25.9 Å². The Morgan fingerprint density at radius 3 is 2.00 bits per heavy atom. The van der Waals surface area contributed by atoms with Gasteiger partial charge >= 0.3 is 0 Å². The van der Waals surface area contributed by atoms with Gasteiger partial charge in [0.2, 0.25) is 5.91 Å². The van der Waals surface area contributed by atoms with E-state index in [-0.39, 0.29) is 5.91 Å². The van der Waals surface area contributed by atoms with Crippen LogP contribution < -0.4 is 5.32 Å². The Labute approximate surface area is 94.2 Å². The Bertz CT molecular complexity index is 152. The van der Waals surface area contributed by atoms with Crippen molar-refractivity contribution in [3.8, 4) is 0 Å². The maximum absolute atomic E-state index is 11.1. The minimum Gasteiger partial charge on any atom is -0.359 e. The maximum atomic E-state index is 11.1. The van der Waals surface area contributed by atoms with Crippen LogP contribution in [-0.4, -0.2) is 37.5 Å². The Kier molecular flexibility index (Phi) is 9.59. The van der Waals surface area contributed by atoms with Gasteiger partial charge in [0.1, 0.15) is 0 Å². The molecule has 0 aromatic carbocycles. The lowest BCUT2D eigenvalue weighted by Gasteiger charge is -2.21. The number of rotatable bonds is 9. The van der Waals surface area contributed by atoms with E-state index in [2.05, 4.69) is 24.1 Å². The van der Waals surface area contributed by atoms with Gasteiger partial charge in [0.15, 0.2) is 0 Å². The van der Waals surface area contributed by atoms with Gasteiger partial charge in [0.25, 0.3) is 0 Å². The van der Waals surface area contributed by atoms with Crippen LogP contribution in [0.2, 0.25) is 0 Å². The average Bonchev–Trinajstić information content (AvgIpc) is 2.27. The summed E-state index contributed by atoms with van der Waals surface area (Å²) in [7, 11) is 1.70. The molecular weight excluding hydrogens is 188 g/mol. The molecule has 3 nitrogen and oxygen atoms in total. The number of carbonyl (C=O) groups is 1. The third-order valence-corrected chi connectivity index (χ3v) is 2.59. The number of amides is 1. The molecule has 0 atom stereocenters. The van der Waals surface area contributed by atoms with Crippen LogP contribution in [0.15, 0.2) is 0 Å². The third kappa shape index (κ3) is 8.43. The van der Waals surface area contributed by atoms with Gasteiger partial charge in [-0.15, -0.1) is 0 Å². The fourth-order valence-corrected chi connectivity index (χ4v) is 1.48. The van der Waals surface area contributed by atoms with Crippen LogP contribution in [0.1, 0.15) is 46.0 Å². The molecule has 0 heterocycles. The van der Waals surface area contributed by atoms with Crippen molar-refractivity contribution in [2.45, 2.75) is 46.0 Å². The SMILES string of the molecule is CCCCN(CCCC)CCC(=O)NC. The molecular formula is C12H26N2O. The molecule has 0 aliphatic rings. The minimum absolute atomic E-state index is 0.146. The van der Waals surface area contributed by atoms with E-state index in [4.69, 9.17) is 0 Å². The Morgan fingerprint density at radius 1 is 1.07 bits per heavy atom. The molecule has 1 amide bonds. The zero-order valence-corrected chi connectivity index (χ0v) is 10.5. The number of unbranched alkanes of at least 4 members (excludes halogenated alkanes) is 2. The predicted octanol–water partition coefficient (Wildman–Crippen LogP) is 2.02. The van der Waals surface area contributed by atoms with Crippen LogP contribution in [0.25, 0.3) is 0 Å². The van der Waals surface area contributed by atoms with Gasteiger partial charge in [0, 0.05) is 20.0 Å². The summed E-state index contributed by atoms with van der Waals surface area (Å²) in [6.07, 6.45) is 5.55. The van der Waals surface area contributed by atoms with Gasteiger partial charge in [-0.1, -0.05) is 26.7 Å². The topological polar surface area (TPSA) is 32.3 Å². The lowest BCUT2D eigenvalue weighted by atomic mass is 10.2. The molecule has 0 fully saturated rings. The highest BCUT2D eigenvalue weighted by molar-refractivity contribution is 5.75. The number of hydrogen-bond donors (Lipinski definition) is 1. The van der Waals surface area contributed by atoms with Crippen LogP contribution in [0, 0.1) is 0 Å². The number of nitrogens with one attached hydrogen (secondary N) is 1. The van der Waals surface area contributed by atoms with Crippen molar-refractivity contribution >= 4 is 5.91 Å². The van der Waals surface area contributed by atoms with Crippen molar-refractivity contribution in [3.63, 3.8) is 0 Å². The summed E-state index contributed by atoms with van der Waals surface area (Å²) < 4.78 is 0. The molecule has 0 aliphatic heterocycles. The highest BCUT2D eigenvalue weighted by atomic mass is 16.1. The molecule has 0 aliphatic carbocycles. The van der Waals surface area contributed by atoms with Gasteiger partial charge in [-0.2, -0.15) is 0 Å². The molecule has 0 saturated carbocycles. The Hall–Kier alpha value is -0.570. The highest BCUT2D eigenvalue weighted by Crippen LogP contribution is 2.00. The van der Waals surface area contributed by atoms with Gasteiger partial charge < -0.3 is 10.2 Å². The van der Waals surface area contributed by atoms with Crippen LogP contribution in [0.4, 0.5) is 0 Å². The van der Waals surface area contributed by atoms with Gasteiger partial charge in [0.05, 0.1) is 0 Å². The van der Waals surface area contributed by atoms with Crippen molar-refractivity contribution in [1.82, 2.24) is 10.2 Å². The van der Waals surface area contributed by atoms with Crippen LogP contribution in [0.5, 0.6) is 0 Å². The fourth-order valence-electron chi connectivity index (χ4n) is 1.48. The molecule has 15 heavy (non-hydrogen) atoms. The first kappa shape index (κ1) is 14.4. The average molecular weight is 214 g/mol. The van der Waals surface area contributed by atoms with Crippen molar-refractivity contribution in [2.75, 3.05) is 26.7 Å². The lowest BCUT2D eigenvalue weighted by molar-refractivity contribution is -0.120. The van der Waals surface area contributed by atoms with Crippen molar-refractivity contribution in [3.05, 3.63) is 0 Å². The second kappa shape index (κ2) is 9.97. The first-order valence-corrected chi connectivity index (χ1v) is 6.17. The molecule has 0 radical (unpaired) electrons. The van der Waals surface area contributed by atoms with Crippen LogP contribution in [0.3, 0.4) is 0 Å². The molecule has 1 N–H and O–H groups in total. The second-order valence-corrected chi connectivity index (χ2v) is 3.97. The number of carbonyl (C=O) groups excluding carboxylic acids is 1. The molecule has 0 unspecified atom stereocenters. The summed E-state index contributed by atoms with van der Waals surface area (Å²) >= 11 is 0. The molecule has 0 rings (SSSR count). The zero-order chi connectivity index (χ0) is 11.5. The van der Waals surface area contributed by atoms with Crippen LogP contribution >= 0.6 is 0 Å². The molecule has 0 saturated heterocycles. The van der Waals surface area contributed by atoms with E-state index < -0.39 is 0 Å². The molecule has 90 valence electrons. The summed E-state index contributed by atoms with van der Waals surface area (Å²) in [4.78, 5) is 13.5. The third-order valence-electron chi connectivity index (χ3n) is 2.59. The maximum Gasteiger partial charge on any atom is 0.221 e. The first-order chi connectivity index (χ1) is 7.24. The standard InChI is InChI=1S/C12H26N2O/c1-4-6-9-14(10-7-5-2)11-8-12(15)13-3/h4-11H2,1-3H3,(H,13,15). The quantitative estimate of drug-likeness (QED) is 0.637. The largest absolute Gasteiger partial charge is 0.359 e. The van der Waals surface area contributed by atoms with E-state index in [1.54, 1.807) is 7.05 Å². The summed E-state index contributed by atoms with van der Waals surface area (Å²) in [5.74, 6) is 0.146. The second-order valence-electron chi connectivity index (χ2n) is 3.97. The Morgan fingerprint density at radius 2 is 1.60 bits per heavy atom. The van der Waals surface area contributed by atoms with E-state index in [1.165, 1.54) is 25.7 Å². The molecule has 0 spiro atoms. The van der Waals surface area contributed by atoms with E-state index in [9.17, 15) is 4.79 Å². The van der Waals surface area contributed by atoms with E-state index in [0.29, 0.717) is 6.42 Å². The summed E-state index contributed by atoms with van der Waals surface area (Å²) in [5, 5.41) is 2.67. The highest BCUT2D eigenvalue weighted by Gasteiger charge is 2.06. The van der Waals surface area contributed by atoms with Gasteiger partial charge in [-0.3, -0.25) is 4.79 Å². The normalized spacial score (nSPS) is 10.7. The van der Waals surface area contributed by atoms with E-state index in [1.807, 2.05) is 0 Å². The minimum atomic E-state index is 0.146. The van der Waals surface area contributed by atoms with E-state index >= 15 is 0 Å².